The van der Waals surface area contributed by atoms with Gasteiger partial charge < -0.3 is 19.7 Å². The van der Waals surface area contributed by atoms with Crippen LogP contribution in [0.4, 0.5) is 0 Å². The molecule has 18 heavy (non-hydrogen) atoms. The van der Waals surface area contributed by atoms with Crippen LogP contribution in [-0.2, 0) is 19.1 Å². The molecule has 0 saturated heterocycles. The van der Waals surface area contributed by atoms with E-state index in [1.54, 1.807) is 20.8 Å². The Morgan fingerprint density at radius 1 is 1.06 bits per heavy atom. The first-order valence-electron chi connectivity index (χ1n) is 5.96. The summed E-state index contributed by atoms with van der Waals surface area (Å²) in [7, 11) is 0. The Morgan fingerprint density at radius 2 is 1.56 bits per heavy atom. The third-order valence-corrected chi connectivity index (χ3v) is 2.16. The molecule has 0 aliphatic heterocycles. The molecule has 0 fully saturated rings. The molecule has 0 rings (SSSR count). The van der Waals surface area contributed by atoms with Gasteiger partial charge in [-0.05, 0) is 6.42 Å². The first kappa shape index (κ1) is 16.4. The molecule has 0 spiro atoms. The summed E-state index contributed by atoms with van der Waals surface area (Å²) in [5.41, 5.74) is 0. The minimum atomic E-state index is -0.785. The average molecular weight is 260 g/mol. The van der Waals surface area contributed by atoms with Gasteiger partial charge in [0.15, 0.2) is 5.76 Å². The van der Waals surface area contributed by atoms with Gasteiger partial charge in [-0.2, -0.15) is 0 Å². The van der Waals surface area contributed by atoms with Crippen LogP contribution in [-0.4, -0.2) is 28.3 Å². The normalized spacial score (nSPS) is 13.6. The number of hydrogen-bond acceptors (Lipinski definition) is 6. The van der Waals surface area contributed by atoms with E-state index in [2.05, 4.69) is 4.74 Å². The average Bonchev–Trinajstić information content (AvgIpc) is 2.36. The van der Waals surface area contributed by atoms with Crippen LogP contribution >= 0.6 is 0 Å². The molecule has 0 aromatic carbocycles. The van der Waals surface area contributed by atoms with Crippen molar-refractivity contribution in [1.82, 2.24) is 0 Å². The standard InChI is InChI=1S/C12H20O6/c1-4-8(13)7-9(17-10(14)5-2)12(16)18-11(15)6-3/h8,13,16H,4-7H2,1-3H3/b12-9+. The van der Waals surface area contributed by atoms with E-state index >= 15 is 0 Å². The maximum Gasteiger partial charge on any atom is 0.325 e. The molecule has 0 bridgehead atoms. The predicted octanol–water partition coefficient (Wildman–Crippen LogP) is 1.78. The Labute approximate surface area is 106 Å². The van der Waals surface area contributed by atoms with Crippen molar-refractivity contribution in [2.24, 2.45) is 0 Å². The summed E-state index contributed by atoms with van der Waals surface area (Å²) in [5, 5.41) is 19.0. The molecule has 1 atom stereocenters. The minimum Gasteiger partial charge on any atom is -0.478 e. The summed E-state index contributed by atoms with van der Waals surface area (Å²) in [4.78, 5) is 22.2. The number of aliphatic hydroxyl groups is 2. The summed E-state index contributed by atoms with van der Waals surface area (Å²) in [5.74, 6) is -2.22. The largest absolute Gasteiger partial charge is 0.478 e. The second kappa shape index (κ2) is 8.52. The highest BCUT2D eigenvalue weighted by molar-refractivity contribution is 5.71. The molecule has 0 saturated carbocycles. The molecular formula is C12H20O6. The van der Waals surface area contributed by atoms with E-state index in [1.807, 2.05) is 0 Å². The summed E-state index contributed by atoms with van der Waals surface area (Å²) in [6, 6.07) is 0. The molecule has 0 amide bonds. The number of hydrogen-bond donors (Lipinski definition) is 2. The van der Waals surface area contributed by atoms with Crippen molar-refractivity contribution in [3.8, 4) is 0 Å². The summed E-state index contributed by atoms with van der Waals surface area (Å²) < 4.78 is 9.39. The van der Waals surface area contributed by atoms with Crippen molar-refractivity contribution in [2.45, 2.75) is 52.6 Å². The van der Waals surface area contributed by atoms with Gasteiger partial charge in [-0.1, -0.05) is 20.8 Å². The van der Waals surface area contributed by atoms with E-state index in [4.69, 9.17) is 4.74 Å². The molecule has 0 aromatic rings. The van der Waals surface area contributed by atoms with Gasteiger partial charge in [0.1, 0.15) is 0 Å². The molecule has 0 radical (unpaired) electrons. The number of aliphatic hydroxyl groups excluding tert-OH is 2. The molecule has 2 N–H and O–H groups in total. The minimum absolute atomic E-state index is 0.0788. The van der Waals surface area contributed by atoms with E-state index in [9.17, 15) is 19.8 Å². The SMILES string of the molecule is CCC(=O)O/C(O)=C(\CC(O)CC)OC(=O)CC. The van der Waals surface area contributed by atoms with Gasteiger partial charge in [-0.15, -0.1) is 0 Å². The summed E-state index contributed by atoms with van der Waals surface area (Å²) >= 11 is 0. The highest BCUT2D eigenvalue weighted by Crippen LogP contribution is 2.16. The molecule has 6 nitrogen and oxygen atoms in total. The van der Waals surface area contributed by atoms with Crippen LogP contribution in [0.3, 0.4) is 0 Å². The van der Waals surface area contributed by atoms with Crippen LogP contribution < -0.4 is 0 Å². The van der Waals surface area contributed by atoms with Crippen LogP contribution in [0, 0.1) is 0 Å². The number of carbonyl (C=O) groups excluding carboxylic acids is 2. The molecule has 6 heteroatoms. The monoisotopic (exact) mass is 260 g/mol. The molecule has 1 unspecified atom stereocenters. The Hall–Kier alpha value is -1.56. The highest BCUT2D eigenvalue weighted by atomic mass is 16.6. The number of carbonyl (C=O) groups is 2. The third kappa shape index (κ3) is 6.24. The fourth-order valence-corrected chi connectivity index (χ4v) is 0.977. The van der Waals surface area contributed by atoms with Gasteiger partial charge >= 0.3 is 17.9 Å². The van der Waals surface area contributed by atoms with Crippen LogP contribution in [0.25, 0.3) is 0 Å². The second-order valence-electron chi connectivity index (χ2n) is 3.65. The molecule has 104 valence electrons. The zero-order valence-electron chi connectivity index (χ0n) is 10.9. The topological polar surface area (TPSA) is 93.1 Å². The molecule has 0 aromatic heterocycles. The lowest BCUT2D eigenvalue weighted by Gasteiger charge is -2.13. The number of rotatable bonds is 7. The Balaban J connectivity index is 4.85. The highest BCUT2D eigenvalue weighted by Gasteiger charge is 2.18. The molecule has 0 aliphatic rings. The van der Waals surface area contributed by atoms with E-state index in [0.29, 0.717) is 6.42 Å². The van der Waals surface area contributed by atoms with E-state index in [1.165, 1.54) is 0 Å². The first-order chi connectivity index (χ1) is 8.44. The van der Waals surface area contributed by atoms with Gasteiger partial charge in [0, 0.05) is 19.3 Å². The van der Waals surface area contributed by atoms with Crippen molar-refractivity contribution in [3.05, 3.63) is 11.7 Å². The van der Waals surface area contributed by atoms with Crippen LogP contribution in [0.2, 0.25) is 0 Å². The van der Waals surface area contributed by atoms with E-state index < -0.39 is 24.0 Å². The Bertz CT molecular complexity index is 321. The third-order valence-electron chi connectivity index (χ3n) is 2.16. The summed E-state index contributed by atoms with van der Waals surface area (Å²) in [6.07, 6.45) is -0.268. The van der Waals surface area contributed by atoms with Crippen LogP contribution in [0.1, 0.15) is 46.5 Å². The van der Waals surface area contributed by atoms with E-state index in [-0.39, 0.29) is 25.0 Å². The zero-order valence-corrected chi connectivity index (χ0v) is 10.9. The molecular weight excluding hydrogens is 240 g/mol. The first-order valence-corrected chi connectivity index (χ1v) is 5.96. The van der Waals surface area contributed by atoms with Crippen LogP contribution in [0.15, 0.2) is 11.7 Å². The van der Waals surface area contributed by atoms with Crippen LogP contribution in [0.5, 0.6) is 0 Å². The lowest BCUT2D eigenvalue weighted by molar-refractivity contribution is -0.147. The number of esters is 2. The van der Waals surface area contributed by atoms with Crippen molar-refractivity contribution in [1.29, 1.82) is 0 Å². The van der Waals surface area contributed by atoms with Gasteiger partial charge in [0.05, 0.1) is 6.10 Å². The summed E-state index contributed by atoms with van der Waals surface area (Å²) in [6.45, 7) is 4.89. The fourth-order valence-electron chi connectivity index (χ4n) is 0.977. The zero-order chi connectivity index (χ0) is 14.1. The maximum atomic E-state index is 11.2. The Morgan fingerprint density at radius 3 is 2.00 bits per heavy atom. The van der Waals surface area contributed by atoms with Crippen molar-refractivity contribution >= 4 is 11.9 Å². The quantitative estimate of drug-likeness (QED) is 0.535. The van der Waals surface area contributed by atoms with E-state index in [0.717, 1.165) is 0 Å². The maximum absolute atomic E-state index is 11.2. The smallest absolute Gasteiger partial charge is 0.325 e. The number of ether oxygens (including phenoxy) is 2. The van der Waals surface area contributed by atoms with Crippen molar-refractivity contribution < 1.29 is 29.3 Å². The predicted molar refractivity (Wildman–Crippen MR) is 63.3 cm³/mol. The van der Waals surface area contributed by atoms with Gasteiger partial charge in [-0.3, -0.25) is 9.59 Å². The Kier molecular flexibility index (Phi) is 7.78. The second-order valence-corrected chi connectivity index (χ2v) is 3.65. The fraction of sp³-hybridized carbons (Fsp3) is 0.667. The lowest BCUT2D eigenvalue weighted by Crippen LogP contribution is -2.15. The van der Waals surface area contributed by atoms with Gasteiger partial charge in [0.2, 0.25) is 0 Å². The van der Waals surface area contributed by atoms with Gasteiger partial charge in [-0.25, -0.2) is 0 Å². The lowest BCUT2D eigenvalue weighted by atomic mass is 10.2. The van der Waals surface area contributed by atoms with Crippen molar-refractivity contribution in [2.75, 3.05) is 0 Å². The van der Waals surface area contributed by atoms with Gasteiger partial charge in [0.25, 0.3) is 0 Å². The molecule has 0 aliphatic carbocycles. The van der Waals surface area contributed by atoms with Crippen molar-refractivity contribution in [3.63, 3.8) is 0 Å². The molecule has 0 heterocycles.